The Bertz CT molecular complexity index is 442. The van der Waals surface area contributed by atoms with Gasteiger partial charge in [-0.25, -0.2) is 4.98 Å². The molecule has 0 radical (unpaired) electrons. The molecule has 0 spiro atoms. The van der Waals surface area contributed by atoms with Crippen LogP contribution in [0, 0.1) is 6.92 Å². The van der Waals surface area contributed by atoms with E-state index in [1.165, 1.54) is 10.3 Å². The molecule has 0 aliphatic heterocycles. The van der Waals surface area contributed by atoms with Gasteiger partial charge in [-0.15, -0.1) is 17.9 Å². The van der Waals surface area contributed by atoms with Crippen molar-refractivity contribution in [2.75, 3.05) is 0 Å². The third kappa shape index (κ3) is 1.63. The molecule has 0 saturated heterocycles. The van der Waals surface area contributed by atoms with Crippen molar-refractivity contribution in [3.63, 3.8) is 0 Å². The molecule has 0 aliphatic rings. The monoisotopic (exact) mass is 189 g/mol. The summed E-state index contributed by atoms with van der Waals surface area (Å²) < 4.78 is 1.27. The summed E-state index contributed by atoms with van der Waals surface area (Å²) in [5.41, 5.74) is 2.40. The first-order valence-corrected chi connectivity index (χ1v) is 5.08. The van der Waals surface area contributed by atoms with E-state index in [2.05, 4.69) is 29.8 Å². The molecule has 2 rings (SSSR count). The summed E-state index contributed by atoms with van der Waals surface area (Å²) in [6, 6.07) is 6.42. The number of aromatic nitrogens is 1. The Kier molecular flexibility index (Phi) is 2.15. The van der Waals surface area contributed by atoms with Crippen LogP contribution in [-0.4, -0.2) is 4.98 Å². The van der Waals surface area contributed by atoms with Gasteiger partial charge in [0.05, 0.1) is 15.2 Å². The molecule has 1 aromatic heterocycles. The van der Waals surface area contributed by atoms with Gasteiger partial charge in [-0.2, -0.15) is 0 Å². The van der Waals surface area contributed by atoms with Crippen LogP contribution in [0.4, 0.5) is 0 Å². The van der Waals surface area contributed by atoms with Crippen molar-refractivity contribution >= 4 is 21.6 Å². The van der Waals surface area contributed by atoms with Crippen LogP contribution < -0.4 is 0 Å². The normalized spacial score (nSPS) is 10.5. The molecule has 2 heteroatoms. The Morgan fingerprint density at radius 2 is 2.38 bits per heavy atom. The first-order chi connectivity index (χ1) is 6.29. The average molecular weight is 189 g/mol. The lowest BCUT2D eigenvalue weighted by atomic mass is 10.1. The largest absolute Gasteiger partial charge is 0.242 e. The number of allylic oxidation sites excluding steroid dienone is 1. The standard InChI is InChI=1S/C11H11NS/c1-3-4-9-5-6-11-10(7-9)12-8(2)13-11/h3,5-7H,1,4H2,2H3. The quantitative estimate of drug-likeness (QED) is 0.660. The van der Waals surface area contributed by atoms with Gasteiger partial charge in [0.2, 0.25) is 0 Å². The number of rotatable bonds is 2. The van der Waals surface area contributed by atoms with Crippen LogP contribution in [0.1, 0.15) is 10.6 Å². The summed E-state index contributed by atoms with van der Waals surface area (Å²) in [5, 5.41) is 1.13. The van der Waals surface area contributed by atoms with E-state index >= 15 is 0 Å². The Labute approximate surface area is 81.7 Å². The highest BCUT2D eigenvalue weighted by atomic mass is 32.1. The van der Waals surface area contributed by atoms with Gasteiger partial charge >= 0.3 is 0 Å². The van der Waals surface area contributed by atoms with E-state index in [9.17, 15) is 0 Å². The van der Waals surface area contributed by atoms with Crippen molar-refractivity contribution in [2.45, 2.75) is 13.3 Å². The maximum Gasteiger partial charge on any atom is 0.0907 e. The molecule has 13 heavy (non-hydrogen) atoms. The highest BCUT2D eigenvalue weighted by Crippen LogP contribution is 2.22. The molecule has 0 N–H and O–H groups in total. The van der Waals surface area contributed by atoms with Crippen molar-refractivity contribution in [2.24, 2.45) is 0 Å². The lowest BCUT2D eigenvalue weighted by Crippen LogP contribution is -1.79. The summed E-state index contributed by atoms with van der Waals surface area (Å²) in [6.45, 7) is 5.76. The molecule has 66 valence electrons. The van der Waals surface area contributed by atoms with E-state index in [4.69, 9.17) is 0 Å². The van der Waals surface area contributed by atoms with E-state index in [1.807, 2.05) is 13.0 Å². The molecule has 1 aromatic carbocycles. The number of fused-ring (bicyclic) bond motifs is 1. The number of thiazole rings is 1. The van der Waals surface area contributed by atoms with Crippen LogP contribution in [0.3, 0.4) is 0 Å². The van der Waals surface area contributed by atoms with Crippen LogP contribution in [-0.2, 0) is 6.42 Å². The first-order valence-electron chi connectivity index (χ1n) is 4.26. The molecular formula is C11H11NS. The fourth-order valence-electron chi connectivity index (χ4n) is 1.38. The Morgan fingerprint density at radius 1 is 1.54 bits per heavy atom. The van der Waals surface area contributed by atoms with Crippen LogP contribution in [0.5, 0.6) is 0 Å². The van der Waals surface area contributed by atoms with Crippen LogP contribution >= 0.6 is 11.3 Å². The summed E-state index contributed by atoms with van der Waals surface area (Å²) in [7, 11) is 0. The Balaban J connectivity index is 2.54. The second-order valence-electron chi connectivity index (χ2n) is 3.03. The Hall–Kier alpha value is -1.15. The molecule has 2 aromatic rings. The van der Waals surface area contributed by atoms with Crippen molar-refractivity contribution in [1.29, 1.82) is 0 Å². The summed E-state index contributed by atoms with van der Waals surface area (Å²) in [5.74, 6) is 0. The molecule has 0 aliphatic carbocycles. The maximum atomic E-state index is 4.44. The Morgan fingerprint density at radius 3 is 3.15 bits per heavy atom. The number of nitrogens with zero attached hydrogens (tertiary/aromatic N) is 1. The summed E-state index contributed by atoms with van der Waals surface area (Å²) in [6.07, 6.45) is 2.84. The van der Waals surface area contributed by atoms with Gasteiger partial charge in [0, 0.05) is 0 Å². The van der Waals surface area contributed by atoms with Crippen molar-refractivity contribution in [3.8, 4) is 0 Å². The molecule has 0 fully saturated rings. The second-order valence-corrected chi connectivity index (χ2v) is 4.26. The van der Waals surface area contributed by atoms with E-state index in [1.54, 1.807) is 11.3 Å². The van der Waals surface area contributed by atoms with Gasteiger partial charge in [-0.1, -0.05) is 12.1 Å². The van der Waals surface area contributed by atoms with E-state index in [0.717, 1.165) is 16.9 Å². The van der Waals surface area contributed by atoms with Gasteiger partial charge in [0.1, 0.15) is 0 Å². The van der Waals surface area contributed by atoms with E-state index in [-0.39, 0.29) is 0 Å². The van der Waals surface area contributed by atoms with Crippen molar-refractivity contribution < 1.29 is 0 Å². The summed E-state index contributed by atoms with van der Waals surface area (Å²) >= 11 is 1.74. The van der Waals surface area contributed by atoms with E-state index < -0.39 is 0 Å². The molecule has 0 saturated carbocycles. The zero-order chi connectivity index (χ0) is 9.26. The first kappa shape index (κ1) is 8.45. The second kappa shape index (κ2) is 3.30. The molecule has 0 bridgehead atoms. The number of benzene rings is 1. The van der Waals surface area contributed by atoms with Crippen LogP contribution in [0.25, 0.3) is 10.2 Å². The van der Waals surface area contributed by atoms with Crippen molar-refractivity contribution in [1.82, 2.24) is 4.98 Å². The van der Waals surface area contributed by atoms with E-state index in [0.29, 0.717) is 0 Å². The smallest absolute Gasteiger partial charge is 0.0907 e. The average Bonchev–Trinajstić information content (AvgIpc) is 2.44. The summed E-state index contributed by atoms with van der Waals surface area (Å²) in [4.78, 5) is 4.44. The van der Waals surface area contributed by atoms with Gasteiger partial charge in [0.15, 0.2) is 0 Å². The minimum atomic E-state index is 0.923. The number of aryl methyl sites for hydroxylation is 1. The zero-order valence-electron chi connectivity index (χ0n) is 7.58. The van der Waals surface area contributed by atoms with Gasteiger partial charge in [0.25, 0.3) is 0 Å². The molecular weight excluding hydrogens is 178 g/mol. The van der Waals surface area contributed by atoms with Crippen LogP contribution in [0.2, 0.25) is 0 Å². The van der Waals surface area contributed by atoms with Gasteiger partial charge in [-0.05, 0) is 31.0 Å². The highest BCUT2D eigenvalue weighted by Gasteiger charge is 2.00. The molecule has 0 atom stereocenters. The molecule has 0 unspecified atom stereocenters. The van der Waals surface area contributed by atoms with Crippen molar-refractivity contribution in [3.05, 3.63) is 41.4 Å². The van der Waals surface area contributed by atoms with Crippen LogP contribution in [0.15, 0.2) is 30.9 Å². The highest BCUT2D eigenvalue weighted by molar-refractivity contribution is 7.18. The number of hydrogen-bond donors (Lipinski definition) is 0. The SMILES string of the molecule is C=CCc1ccc2sc(C)nc2c1. The molecule has 1 nitrogen and oxygen atoms in total. The predicted octanol–water partition coefficient (Wildman–Crippen LogP) is 3.33. The predicted molar refractivity (Wildman–Crippen MR) is 58.3 cm³/mol. The third-order valence-electron chi connectivity index (χ3n) is 1.94. The third-order valence-corrected chi connectivity index (χ3v) is 2.89. The lowest BCUT2D eigenvalue weighted by Gasteiger charge is -1.94. The lowest BCUT2D eigenvalue weighted by molar-refractivity contribution is 1.27. The minimum Gasteiger partial charge on any atom is -0.242 e. The minimum absolute atomic E-state index is 0.923. The zero-order valence-corrected chi connectivity index (χ0v) is 8.40. The van der Waals surface area contributed by atoms with Gasteiger partial charge < -0.3 is 0 Å². The molecule has 0 amide bonds. The van der Waals surface area contributed by atoms with Gasteiger partial charge in [-0.3, -0.25) is 0 Å². The molecule has 1 heterocycles. The number of hydrogen-bond acceptors (Lipinski definition) is 2. The fraction of sp³-hybridized carbons (Fsp3) is 0.182. The topological polar surface area (TPSA) is 12.9 Å². The fourth-order valence-corrected chi connectivity index (χ4v) is 2.19. The maximum absolute atomic E-state index is 4.44.